The van der Waals surface area contributed by atoms with Gasteiger partial charge in [0.15, 0.2) is 11.5 Å². The van der Waals surface area contributed by atoms with Crippen molar-refractivity contribution in [3.63, 3.8) is 0 Å². The van der Waals surface area contributed by atoms with Crippen LogP contribution in [0.4, 0.5) is 0 Å². The summed E-state index contributed by atoms with van der Waals surface area (Å²) in [6.45, 7) is 2.47. The zero-order valence-corrected chi connectivity index (χ0v) is 27.0. The lowest BCUT2D eigenvalue weighted by Crippen LogP contribution is -2.35. The first-order chi connectivity index (χ1) is 22.8. The number of nitrogens with zero attached hydrogens (tertiary/aromatic N) is 5. The molecule has 0 spiro atoms. The van der Waals surface area contributed by atoms with Gasteiger partial charge in [-0.15, -0.1) is 5.10 Å². The lowest BCUT2D eigenvalue weighted by molar-refractivity contribution is -0.143. The molecule has 2 fully saturated rings. The van der Waals surface area contributed by atoms with Gasteiger partial charge in [0.1, 0.15) is 12.1 Å². The molecule has 2 N–H and O–H groups in total. The Morgan fingerprint density at radius 1 is 0.723 bits per heavy atom. The molecule has 2 aromatic heterocycles. The molecule has 9 nitrogen and oxygen atoms in total. The van der Waals surface area contributed by atoms with E-state index >= 15 is 0 Å². The van der Waals surface area contributed by atoms with Crippen molar-refractivity contribution in [3.8, 4) is 33.4 Å². The maximum atomic E-state index is 11.6. The average molecular weight is 671 g/mol. The van der Waals surface area contributed by atoms with Crippen LogP contribution in [0.25, 0.3) is 39.0 Å². The molecular weight excluding hydrogens is 637 g/mol. The second-order valence-electron chi connectivity index (χ2n) is 12.2. The lowest BCUT2D eigenvalue weighted by Gasteiger charge is -2.21. The van der Waals surface area contributed by atoms with Crippen molar-refractivity contribution in [2.45, 2.75) is 50.9 Å². The van der Waals surface area contributed by atoms with Gasteiger partial charge in [0, 0.05) is 35.0 Å². The van der Waals surface area contributed by atoms with Gasteiger partial charge in [-0.3, -0.25) is 19.4 Å². The molecule has 5 aromatic rings. The van der Waals surface area contributed by atoms with Crippen LogP contribution in [0.2, 0.25) is 10.0 Å². The molecule has 0 radical (unpaired) electrons. The third kappa shape index (κ3) is 6.24. The monoisotopic (exact) mass is 669 g/mol. The van der Waals surface area contributed by atoms with Gasteiger partial charge >= 0.3 is 11.9 Å². The maximum Gasteiger partial charge on any atom is 0.320 e. The Morgan fingerprint density at radius 3 is 1.87 bits per heavy atom. The molecule has 2 saturated heterocycles. The molecule has 0 saturated carbocycles. The lowest BCUT2D eigenvalue weighted by atomic mass is 9.95. The van der Waals surface area contributed by atoms with Crippen LogP contribution in [0.3, 0.4) is 0 Å². The van der Waals surface area contributed by atoms with Crippen LogP contribution in [-0.2, 0) is 22.7 Å². The van der Waals surface area contributed by atoms with E-state index < -0.39 is 24.0 Å². The van der Waals surface area contributed by atoms with Gasteiger partial charge in [-0.25, -0.2) is 9.50 Å². The zero-order valence-electron chi connectivity index (χ0n) is 25.5. The normalized spacial score (nSPS) is 18.7. The Kier molecular flexibility index (Phi) is 8.72. The minimum atomic E-state index is -0.809. The topological polar surface area (TPSA) is 111 Å². The standard InChI is InChI=1S/C36H33Cl2N5O4/c37-33-25(23-13-11-22(12-14-23)20-41-16-3-9-29(41)35(44)45)5-1-7-27(33)28-8-2-6-26(34(28)38)24-15-18-43-32(19-24)39-31(40-43)21-42-17-4-10-30(42)36(46)47/h1-2,5-8,11-15,18-19,29-30H,3-4,9-10,16-17,20-21H2,(H,44,45)(H,46,47)/t29-,30-/m1/s1. The van der Waals surface area contributed by atoms with E-state index in [1.165, 1.54) is 0 Å². The third-order valence-corrected chi connectivity index (χ3v) is 10.1. The molecule has 240 valence electrons. The number of carboxylic acids is 2. The van der Waals surface area contributed by atoms with E-state index in [0.29, 0.717) is 54.0 Å². The van der Waals surface area contributed by atoms with E-state index in [-0.39, 0.29) is 0 Å². The van der Waals surface area contributed by atoms with Crippen molar-refractivity contribution >= 4 is 40.8 Å². The van der Waals surface area contributed by atoms with Gasteiger partial charge in [0.25, 0.3) is 0 Å². The van der Waals surface area contributed by atoms with E-state index in [1.807, 2.05) is 88.8 Å². The summed E-state index contributed by atoms with van der Waals surface area (Å²) in [6, 6.07) is 22.8. The molecule has 11 heteroatoms. The number of hydrogen-bond acceptors (Lipinski definition) is 6. The Hall–Kier alpha value is -4.28. The first-order valence-electron chi connectivity index (χ1n) is 15.7. The highest BCUT2D eigenvalue weighted by molar-refractivity contribution is 6.39. The fourth-order valence-corrected chi connectivity index (χ4v) is 7.56. The van der Waals surface area contributed by atoms with E-state index in [2.05, 4.69) is 5.10 Å². The highest BCUT2D eigenvalue weighted by atomic mass is 35.5. The van der Waals surface area contributed by atoms with Gasteiger partial charge in [-0.1, -0.05) is 83.9 Å². The summed E-state index contributed by atoms with van der Waals surface area (Å²) in [7, 11) is 0. The Balaban J connectivity index is 1.14. The van der Waals surface area contributed by atoms with E-state index in [4.69, 9.17) is 28.2 Å². The summed E-state index contributed by atoms with van der Waals surface area (Å²) in [4.78, 5) is 31.8. The number of carboxylic acid groups (broad SMARTS) is 2. The van der Waals surface area contributed by atoms with Crippen LogP contribution < -0.4 is 0 Å². The Bertz CT molecular complexity index is 1980. The molecule has 3 aromatic carbocycles. The van der Waals surface area contributed by atoms with Gasteiger partial charge in [-0.2, -0.15) is 0 Å². The molecule has 2 atom stereocenters. The highest BCUT2D eigenvalue weighted by Gasteiger charge is 2.32. The number of pyridine rings is 1. The summed E-state index contributed by atoms with van der Waals surface area (Å²) in [5.41, 5.74) is 6.86. The summed E-state index contributed by atoms with van der Waals surface area (Å²) >= 11 is 14.2. The Morgan fingerprint density at radius 2 is 1.28 bits per heavy atom. The third-order valence-electron chi connectivity index (χ3n) is 9.27. The quantitative estimate of drug-likeness (QED) is 0.170. The predicted octanol–water partition coefficient (Wildman–Crippen LogP) is 7.14. The van der Waals surface area contributed by atoms with E-state index in [1.54, 1.807) is 4.52 Å². The van der Waals surface area contributed by atoms with Crippen LogP contribution in [0.15, 0.2) is 79.0 Å². The van der Waals surface area contributed by atoms with Crippen LogP contribution in [0.1, 0.15) is 37.1 Å². The molecular formula is C36H33Cl2N5O4. The Labute approximate surface area is 282 Å². The van der Waals surface area contributed by atoms with Crippen molar-refractivity contribution in [3.05, 3.63) is 100 Å². The number of fused-ring (bicyclic) bond motifs is 1. The minimum absolute atomic E-state index is 0.380. The van der Waals surface area contributed by atoms with Gasteiger partial charge in [0.2, 0.25) is 0 Å². The zero-order chi connectivity index (χ0) is 32.7. The summed E-state index contributed by atoms with van der Waals surface area (Å²) in [5, 5.41) is 24.8. The van der Waals surface area contributed by atoms with Gasteiger partial charge in [0.05, 0.1) is 16.6 Å². The van der Waals surface area contributed by atoms with Gasteiger partial charge < -0.3 is 10.2 Å². The van der Waals surface area contributed by atoms with E-state index in [0.717, 1.165) is 58.3 Å². The smallest absolute Gasteiger partial charge is 0.320 e. The molecule has 0 bridgehead atoms. The number of aromatic nitrogens is 3. The van der Waals surface area contributed by atoms with Crippen LogP contribution in [0, 0.1) is 0 Å². The number of halogens is 2. The van der Waals surface area contributed by atoms with Crippen LogP contribution >= 0.6 is 23.2 Å². The molecule has 0 amide bonds. The SMILES string of the molecule is O=C(O)[C@H]1CCCN1Cc1ccc(-c2cccc(-c3cccc(-c4ccn5nc(CN6CCC[C@@H]6C(=O)O)nc5c4)c3Cl)c2Cl)cc1. The van der Waals surface area contributed by atoms with Crippen molar-refractivity contribution in [2.75, 3.05) is 13.1 Å². The molecule has 2 aliphatic rings. The first-order valence-corrected chi connectivity index (χ1v) is 16.5. The number of rotatable bonds is 9. The summed E-state index contributed by atoms with van der Waals surface area (Å²) in [5.74, 6) is -0.993. The van der Waals surface area contributed by atoms with Crippen molar-refractivity contribution in [2.24, 2.45) is 0 Å². The fraction of sp³-hybridized carbons (Fsp3) is 0.278. The van der Waals surface area contributed by atoms with Gasteiger partial charge in [-0.05, 0) is 67.6 Å². The molecule has 7 rings (SSSR count). The largest absolute Gasteiger partial charge is 0.480 e. The van der Waals surface area contributed by atoms with E-state index in [9.17, 15) is 19.8 Å². The number of carbonyl (C=O) groups is 2. The van der Waals surface area contributed by atoms with Crippen LogP contribution in [0.5, 0.6) is 0 Å². The molecule has 4 heterocycles. The second kappa shape index (κ2) is 13.1. The second-order valence-corrected chi connectivity index (χ2v) is 13.0. The highest BCUT2D eigenvalue weighted by Crippen LogP contribution is 2.42. The molecule has 0 unspecified atom stereocenters. The number of hydrogen-bond donors (Lipinski definition) is 2. The number of aliphatic carboxylic acids is 2. The molecule has 0 aliphatic carbocycles. The van der Waals surface area contributed by atoms with Crippen molar-refractivity contribution in [1.82, 2.24) is 24.4 Å². The number of likely N-dealkylation sites (tertiary alicyclic amines) is 2. The predicted molar refractivity (Wildman–Crippen MR) is 181 cm³/mol. The van der Waals surface area contributed by atoms with Crippen LogP contribution in [-0.4, -0.2) is 71.7 Å². The van der Waals surface area contributed by atoms with Crippen molar-refractivity contribution < 1.29 is 19.8 Å². The maximum absolute atomic E-state index is 11.6. The average Bonchev–Trinajstić information content (AvgIpc) is 3.82. The van der Waals surface area contributed by atoms with Crippen molar-refractivity contribution in [1.29, 1.82) is 0 Å². The molecule has 47 heavy (non-hydrogen) atoms. The first kappa shape index (κ1) is 31.3. The summed E-state index contributed by atoms with van der Waals surface area (Å²) < 4.78 is 1.70. The minimum Gasteiger partial charge on any atom is -0.480 e. The fourth-order valence-electron chi connectivity index (χ4n) is 6.88. The number of benzene rings is 3. The summed E-state index contributed by atoms with van der Waals surface area (Å²) in [6.07, 6.45) is 4.90. The molecule has 2 aliphatic heterocycles.